The highest BCUT2D eigenvalue weighted by atomic mass is 16.5. The topological polar surface area (TPSA) is 334 Å². The quantitative estimate of drug-likeness (QED) is 0.103. The first kappa shape index (κ1) is 66.5. The highest BCUT2D eigenvalue weighted by Crippen LogP contribution is 2.27. The van der Waals surface area contributed by atoms with Gasteiger partial charge in [0.2, 0.25) is 70.9 Å². The Bertz CT molecular complexity index is 2290. The number of carbonyl (C=O) groups is 14. The molecule has 5 unspecified atom stereocenters. The average molecular weight is 1100 g/mol. The molecule has 6 rings (SSSR count). The van der Waals surface area contributed by atoms with E-state index in [1.54, 1.807) is 80.1 Å². The summed E-state index contributed by atoms with van der Waals surface area (Å²) in [6.07, 6.45) is 4.76. The zero-order valence-electron chi connectivity index (χ0n) is 46.5. The average Bonchev–Trinajstić information content (AvgIpc) is 4.09. The minimum absolute atomic E-state index is 0.0342. The van der Waals surface area contributed by atoms with Crippen LogP contribution < -0.4 is 31.5 Å². The van der Waals surface area contributed by atoms with Crippen molar-refractivity contribution in [2.24, 2.45) is 29.6 Å². The number of carbonyl (C=O) groups excluding carboxylic acids is 14. The first-order chi connectivity index (χ1) is 36.9. The highest BCUT2D eigenvalue weighted by molar-refractivity contribution is 6.21. The second-order valence-corrected chi connectivity index (χ2v) is 19.1. The molecule has 26 heteroatoms. The van der Waals surface area contributed by atoms with Crippen LogP contribution in [0.3, 0.4) is 0 Å². The fourth-order valence-electron chi connectivity index (χ4n) is 8.18. The van der Waals surface area contributed by atoms with Gasteiger partial charge in [-0.1, -0.05) is 41.0 Å². The summed E-state index contributed by atoms with van der Waals surface area (Å²) < 4.78 is 9.14. The van der Waals surface area contributed by atoms with Gasteiger partial charge in [-0.2, -0.15) is 0 Å². The summed E-state index contributed by atoms with van der Waals surface area (Å²) in [5, 5.41) is 12.5. The second kappa shape index (κ2) is 33.5. The number of unbranched alkanes of at least 4 members (excludes halogenated alkanes) is 2. The summed E-state index contributed by atoms with van der Waals surface area (Å²) in [6.45, 7) is 10.8. The molecule has 0 radical (unpaired) electrons. The van der Waals surface area contributed by atoms with Crippen LogP contribution in [0.2, 0.25) is 0 Å². The summed E-state index contributed by atoms with van der Waals surface area (Å²) >= 11 is 0. The third-order valence-electron chi connectivity index (χ3n) is 12.8. The number of alkyl carbamates (subject to hydrolysis) is 1. The Labute approximate surface area is 454 Å². The zero-order valence-corrected chi connectivity index (χ0v) is 46.5. The van der Waals surface area contributed by atoms with Crippen LogP contribution >= 0.6 is 0 Å². The van der Waals surface area contributed by atoms with Crippen molar-refractivity contribution in [1.29, 1.82) is 0 Å². The Morgan fingerprint density at radius 2 is 0.885 bits per heavy atom. The fourth-order valence-corrected chi connectivity index (χ4v) is 8.18. The third kappa shape index (κ3) is 20.7. The van der Waals surface area contributed by atoms with E-state index in [9.17, 15) is 67.1 Å². The SMILES string of the molecule is CNC(=O)CCCCCN1C(=O)CC(C)C1=O.CNC(=O)CCCN1C(=O)CC(C)C1=O.CNC(=O)Nc1ccc(N2C(=O)CC(C)C2=O)cc1.COC(=O)NCCN1C(=O)CC(C)C1=O.COCCN1C(=O)CC(C)C1=O. The molecule has 5 atom stereocenters. The summed E-state index contributed by atoms with van der Waals surface area (Å²) in [7, 11) is 7.51. The number of rotatable bonds is 18. The Morgan fingerprint density at radius 1 is 0.487 bits per heavy atom. The summed E-state index contributed by atoms with van der Waals surface area (Å²) in [5.41, 5.74) is 1.12. The normalized spacial score (nSPS) is 20.5. The lowest BCUT2D eigenvalue weighted by Crippen LogP contribution is -2.38. The lowest BCUT2D eigenvalue weighted by molar-refractivity contribution is -0.141. The molecule has 432 valence electrons. The highest BCUT2D eigenvalue weighted by Gasteiger charge is 2.39. The molecule has 1 aromatic carbocycles. The molecule has 0 aliphatic carbocycles. The van der Waals surface area contributed by atoms with Gasteiger partial charge in [-0.3, -0.25) is 82.0 Å². The van der Waals surface area contributed by atoms with Gasteiger partial charge < -0.3 is 36.1 Å². The third-order valence-corrected chi connectivity index (χ3v) is 12.8. The van der Waals surface area contributed by atoms with E-state index in [2.05, 4.69) is 31.3 Å². The van der Waals surface area contributed by atoms with E-state index in [-0.39, 0.29) is 132 Å². The second-order valence-electron chi connectivity index (χ2n) is 19.1. The maximum Gasteiger partial charge on any atom is 0.406 e. The minimum Gasteiger partial charge on any atom is -0.453 e. The number of likely N-dealkylation sites (tertiary alicyclic amines) is 4. The maximum atomic E-state index is 11.9. The van der Waals surface area contributed by atoms with Gasteiger partial charge in [-0.25, -0.2) is 9.59 Å². The van der Waals surface area contributed by atoms with Gasteiger partial charge >= 0.3 is 12.1 Å². The van der Waals surface area contributed by atoms with Gasteiger partial charge in [-0.05, 0) is 43.5 Å². The molecule has 5 fully saturated rings. The molecule has 5 aliphatic rings. The molecule has 5 saturated heterocycles. The molecule has 78 heavy (non-hydrogen) atoms. The molecule has 0 saturated carbocycles. The maximum absolute atomic E-state index is 11.9. The Balaban J connectivity index is 0.000000336. The number of hydrogen-bond donors (Lipinski definition) is 5. The van der Waals surface area contributed by atoms with Crippen molar-refractivity contribution in [2.45, 2.75) is 105 Å². The van der Waals surface area contributed by atoms with Crippen molar-refractivity contribution < 1.29 is 76.6 Å². The van der Waals surface area contributed by atoms with E-state index < -0.39 is 6.09 Å². The van der Waals surface area contributed by atoms with Crippen molar-refractivity contribution >= 4 is 94.4 Å². The van der Waals surface area contributed by atoms with Crippen LogP contribution in [0.5, 0.6) is 0 Å². The summed E-state index contributed by atoms with van der Waals surface area (Å²) in [4.78, 5) is 164. The van der Waals surface area contributed by atoms with Crippen LogP contribution in [-0.4, -0.2) is 177 Å². The molecule has 15 amide bonds. The predicted octanol–water partition coefficient (Wildman–Crippen LogP) is 1.70. The molecular weight excluding hydrogens is 1020 g/mol. The van der Waals surface area contributed by atoms with Gasteiger partial charge in [0.1, 0.15) is 0 Å². The van der Waals surface area contributed by atoms with Gasteiger partial charge in [-0.15, -0.1) is 0 Å². The monoisotopic (exact) mass is 1100 g/mol. The van der Waals surface area contributed by atoms with Gasteiger partial charge in [0.05, 0.1) is 25.9 Å². The van der Waals surface area contributed by atoms with Crippen LogP contribution in [0.25, 0.3) is 0 Å². The minimum atomic E-state index is -0.567. The number of hydrogen-bond acceptors (Lipinski definition) is 16. The van der Waals surface area contributed by atoms with Crippen molar-refractivity contribution in [2.75, 3.05) is 84.9 Å². The number of nitrogens with one attached hydrogen (secondary N) is 5. The lowest BCUT2D eigenvalue weighted by Gasteiger charge is -2.15. The number of imide groups is 5. The van der Waals surface area contributed by atoms with Crippen LogP contribution in [0.1, 0.15) is 105 Å². The zero-order chi connectivity index (χ0) is 58.8. The lowest BCUT2D eigenvalue weighted by atomic mass is 10.1. The van der Waals surface area contributed by atoms with Crippen molar-refractivity contribution in [3.05, 3.63) is 24.3 Å². The number of amides is 15. The van der Waals surface area contributed by atoms with E-state index in [0.717, 1.165) is 19.3 Å². The molecule has 26 nitrogen and oxygen atoms in total. The molecule has 0 aromatic heterocycles. The predicted molar refractivity (Wildman–Crippen MR) is 281 cm³/mol. The van der Waals surface area contributed by atoms with E-state index in [1.807, 2.05) is 0 Å². The van der Waals surface area contributed by atoms with Crippen molar-refractivity contribution in [1.82, 2.24) is 40.9 Å². The van der Waals surface area contributed by atoms with Crippen LogP contribution in [-0.2, 0) is 67.0 Å². The fraction of sp³-hybridized carbons (Fsp3) is 0.615. The van der Waals surface area contributed by atoms with Crippen molar-refractivity contribution in [3.8, 4) is 0 Å². The number of nitrogens with zero attached hydrogens (tertiary/aromatic N) is 5. The Kier molecular flexibility index (Phi) is 28.6. The molecule has 0 bridgehead atoms. The molecule has 5 N–H and O–H groups in total. The first-order valence-electron chi connectivity index (χ1n) is 25.9. The van der Waals surface area contributed by atoms with Gasteiger partial charge in [0, 0.05) is 135 Å². The van der Waals surface area contributed by atoms with Gasteiger partial charge in [0.15, 0.2) is 0 Å². The number of ether oxygens (including phenoxy) is 2. The van der Waals surface area contributed by atoms with E-state index in [1.165, 1.54) is 38.7 Å². The standard InChI is InChI=1S/C13H15N3O3.C12H20N2O3.C10H16N2O3.C9H14N2O4.C8H13NO3/c1-8-7-11(17)16(12(8)18)10-5-3-9(4-6-10)15-13(19)14-2;1-9-8-11(16)14(12(9)17)7-5-3-4-6-10(15)13-2;1-7-6-9(14)12(10(7)15)5-3-4-8(13)11-2;1-6-5-7(12)11(8(6)13)4-3-10-9(14)15-2;1-6-5-7(10)9(8(6)11)3-4-12-2/h3-6,8H,7H2,1-2H3,(H2,14,15,19);9H,3-8H2,1-2H3,(H,13,15);7H,3-6H2,1-2H3,(H,11,13);6H,3-5H2,1-2H3,(H,10,14);6H,3-5H2,1-2H3. The summed E-state index contributed by atoms with van der Waals surface area (Å²) in [5.74, 6) is -2.27. The van der Waals surface area contributed by atoms with E-state index in [4.69, 9.17) is 4.74 Å². The van der Waals surface area contributed by atoms with Crippen LogP contribution in [0.4, 0.5) is 21.0 Å². The van der Waals surface area contributed by atoms with E-state index in [0.29, 0.717) is 76.1 Å². The molecule has 1 aromatic rings. The molecule has 5 aliphatic heterocycles. The number of anilines is 2. The van der Waals surface area contributed by atoms with Gasteiger partial charge in [0.25, 0.3) is 0 Å². The van der Waals surface area contributed by atoms with E-state index >= 15 is 0 Å². The summed E-state index contributed by atoms with van der Waals surface area (Å²) in [6, 6.07) is 6.25. The Hall–Kier alpha value is -7.64. The molecule has 0 spiro atoms. The first-order valence-corrected chi connectivity index (χ1v) is 25.9. The largest absolute Gasteiger partial charge is 0.453 e. The number of benzene rings is 1. The van der Waals surface area contributed by atoms with Crippen LogP contribution in [0.15, 0.2) is 24.3 Å². The molecule has 5 heterocycles. The van der Waals surface area contributed by atoms with Crippen molar-refractivity contribution in [3.63, 3.8) is 0 Å². The smallest absolute Gasteiger partial charge is 0.406 e. The number of methoxy groups -OCH3 is 2. The molecular formula is C52H78N10O16. The Morgan fingerprint density at radius 3 is 1.26 bits per heavy atom. The van der Waals surface area contributed by atoms with Crippen LogP contribution in [0, 0.1) is 29.6 Å². The number of urea groups is 1.